The van der Waals surface area contributed by atoms with Gasteiger partial charge in [0.25, 0.3) is 11.6 Å². The number of esters is 1. The van der Waals surface area contributed by atoms with Gasteiger partial charge in [0.15, 0.2) is 0 Å². The lowest BCUT2D eigenvalue weighted by atomic mass is 10.1. The Morgan fingerprint density at radius 1 is 0.964 bits per heavy atom. The Hall–Kier alpha value is -4.20. The van der Waals surface area contributed by atoms with Gasteiger partial charge in [-0.1, -0.05) is 18.2 Å². The van der Waals surface area contributed by atoms with Crippen LogP contribution in [0.25, 0.3) is 0 Å². The van der Waals surface area contributed by atoms with Crippen LogP contribution in [-0.2, 0) is 0 Å². The molecule has 0 saturated carbocycles. The molecule has 8 heteroatoms. The number of ether oxygens (including phenoxy) is 1. The van der Waals surface area contributed by atoms with E-state index in [0.717, 1.165) is 0 Å². The first-order valence-corrected chi connectivity index (χ1v) is 8.10. The Balaban J connectivity index is 1.70. The van der Waals surface area contributed by atoms with E-state index in [1.165, 1.54) is 42.5 Å². The van der Waals surface area contributed by atoms with E-state index in [4.69, 9.17) is 4.74 Å². The van der Waals surface area contributed by atoms with E-state index in [0.29, 0.717) is 5.75 Å². The van der Waals surface area contributed by atoms with Gasteiger partial charge in [-0.3, -0.25) is 14.9 Å². The SMILES string of the molecule is O=C(Nc1ccc(C(=O)Oc2ccccc2)c(O)c1)c1ccc([N+](=O)[O-])cc1. The number of benzene rings is 3. The average molecular weight is 378 g/mol. The monoisotopic (exact) mass is 378 g/mol. The molecule has 0 atom stereocenters. The molecular formula is C20H14N2O6. The van der Waals surface area contributed by atoms with E-state index >= 15 is 0 Å². The summed E-state index contributed by atoms with van der Waals surface area (Å²) in [5.41, 5.74) is 0.266. The number of nitrogens with one attached hydrogen (secondary N) is 1. The Labute approximate surface area is 159 Å². The van der Waals surface area contributed by atoms with E-state index in [2.05, 4.69) is 5.32 Å². The summed E-state index contributed by atoms with van der Waals surface area (Å²) in [6, 6.07) is 17.4. The average Bonchev–Trinajstić information content (AvgIpc) is 2.68. The fourth-order valence-corrected chi connectivity index (χ4v) is 2.37. The molecule has 0 bridgehead atoms. The van der Waals surface area contributed by atoms with Crippen molar-refractivity contribution in [1.29, 1.82) is 0 Å². The highest BCUT2D eigenvalue weighted by Crippen LogP contribution is 2.24. The van der Waals surface area contributed by atoms with E-state index < -0.39 is 16.8 Å². The molecule has 0 radical (unpaired) electrons. The standard InChI is InChI=1S/C20H14N2O6/c23-18-12-14(21-19(24)13-6-9-15(10-7-13)22(26)27)8-11-17(18)20(25)28-16-4-2-1-3-5-16/h1-12,23H,(H,21,24). The number of aromatic hydroxyl groups is 1. The maximum absolute atomic E-state index is 12.2. The summed E-state index contributed by atoms with van der Waals surface area (Å²) in [6.45, 7) is 0. The van der Waals surface area contributed by atoms with Crippen LogP contribution in [0.5, 0.6) is 11.5 Å². The van der Waals surface area contributed by atoms with Crippen molar-refractivity contribution in [2.24, 2.45) is 0 Å². The van der Waals surface area contributed by atoms with Gasteiger partial charge in [-0.15, -0.1) is 0 Å². The number of carbonyl (C=O) groups is 2. The first-order chi connectivity index (χ1) is 13.4. The zero-order valence-electron chi connectivity index (χ0n) is 14.4. The first-order valence-electron chi connectivity index (χ1n) is 8.10. The summed E-state index contributed by atoms with van der Waals surface area (Å²) in [5, 5.41) is 23.3. The van der Waals surface area contributed by atoms with Gasteiger partial charge >= 0.3 is 5.97 Å². The van der Waals surface area contributed by atoms with Gasteiger partial charge < -0.3 is 15.2 Å². The third-order valence-electron chi connectivity index (χ3n) is 3.77. The van der Waals surface area contributed by atoms with Crippen molar-refractivity contribution in [2.45, 2.75) is 0 Å². The minimum absolute atomic E-state index is 0.0582. The number of amides is 1. The fourth-order valence-electron chi connectivity index (χ4n) is 2.37. The highest BCUT2D eigenvalue weighted by atomic mass is 16.6. The molecule has 3 rings (SSSR count). The number of hydrogen-bond acceptors (Lipinski definition) is 6. The molecule has 1 amide bonds. The molecule has 2 N–H and O–H groups in total. The molecule has 0 saturated heterocycles. The highest BCUT2D eigenvalue weighted by Gasteiger charge is 2.15. The second-order valence-electron chi connectivity index (χ2n) is 5.69. The largest absolute Gasteiger partial charge is 0.507 e. The highest BCUT2D eigenvalue weighted by molar-refractivity contribution is 6.05. The Bertz CT molecular complexity index is 1030. The van der Waals surface area contributed by atoms with Crippen molar-refractivity contribution in [2.75, 3.05) is 5.32 Å². The van der Waals surface area contributed by atoms with Gasteiger partial charge in [0.05, 0.1) is 4.92 Å². The second-order valence-corrected chi connectivity index (χ2v) is 5.69. The van der Waals surface area contributed by atoms with Crippen molar-refractivity contribution in [1.82, 2.24) is 0 Å². The molecule has 0 fully saturated rings. The normalized spacial score (nSPS) is 10.1. The van der Waals surface area contributed by atoms with Crippen LogP contribution in [0.1, 0.15) is 20.7 Å². The minimum Gasteiger partial charge on any atom is -0.507 e. The molecule has 0 aliphatic carbocycles. The summed E-state index contributed by atoms with van der Waals surface area (Å²) in [4.78, 5) is 34.5. The number of nitrogens with zero attached hydrogens (tertiary/aromatic N) is 1. The lowest BCUT2D eigenvalue weighted by Gasteiger charge is -2.09. The minimum atomic E-state index is -0.739. The number of non-ortho nitro benzene ring substituents is 1. The maximum atomic E-state index is 12.2. The number of hydrogen-bond donors (Lipinski definition) is 2. The van der Waals surface area contributed by atoms with Crippen LogP contribution in [0, 0.1) is 10.1 Å². The molecule has 3 aromatic carbocycles. The molecular weight excluding hydrogens is 364 g/mol. The molecule has 28 heavy (non-hydrogen) atoms. The predicted octanol–water partition coefficient (Wildman–Crippen LogP) is 3.77. The van der Waals surface area contributed by atoms with Crippen molar-refractivity contribution in [3.8, 4) is 11.5 Å². The summed E-state index contributed by atoms with van der Waals surface area (Å²) < 4.78 is 5.16. The zero-order valence-corrected chi connectivity index (χ0v) is 14.4. The van der Waals surface area contributed by atoms with Crippen LogP contribution in [-0.4, -0.2) is 21.9 Å². The zero-order chi connectivity index (χ0) is 20.1. The van der Waals surface area contributed by atoms with Gasteiger partial charge in [-0.05, 0) is 36.4 Å². The summed E-state index contributed by atoms with van der Waals surface area (Å²) in [7, 11) is 0. The molecule has 140 valence electrons. The Kier molecular flexibility index (Phi) is 5.31. The summed E-state index contributed by atoms with van der Waals surface area (Å²) >= 11 is 0. The van der Waals surface area contributed by atoms with Crippen LogP contribution < -0.4 is 10.1 Å². The number of anilines is 1. The van der Waals surface area contributed by atoms with Crippen LogP contribution in [0.3, 0.4) is 0 Å². The van der Waals surface area contributed by atoms with Gasteiger partial charge in [0, 0.05) is 29.4 Å². The molecule has 0 aromatic heterocycles. The van der Waals surface area contributed by atoms with Gasteiger partial charge in [0.1, 0.15) is 17.1 Å². The molecule has 8 nitrogen and oxygen atoms in total. The van der Waals surface area contributed by atoms with Gasteiger partial charge in [0.2, 0.25) is 0 Å². The molecule has 0 heterocycles. The van der Waals surface area contributed by atoms with Crippen LogP contribution >= 0.6 is 0 Å². The molecule has 3 aromatic rings. The first kappa shape index (κ1) is 18.6. The van der Waals surface area contributed by atoms with E-state index in [9.17, 15) is 24.8 Å². The van der Waals surface area contributed by atoms with Gasteiger partial charge in [-0.25, -0.2) is 4.79 Å². The van der Waals surface area contributed by atoms with Gasteiger partial charge in [-0.2, -0.15) is 0 Å². The molecule has 0 aliphatic heterocycles. The quantitative estimate of drug-likeness (QED) is 0.302. The third-order valence-corrected chi connectivity index (χ3v) is 3.77. The summed E-state index contributed by atoms with van der Waals surface area (Å²) in [5.74, 6) is -1.28. The van der Waals surface area contributed by atoms with Crippen molar-refractivity contribution in [3.05, 3.63) is 94.0 Å². The fraction of sp³-hybridized carbons (Fsp3) is 0. The maximum Gasteiger partial charge on any atom is 0.347 e. The lowest BCUT2D eigenvalue weighted by molar-refractivity contribution is -0.384. The molecule has 0 unspecified atom stereocenters. The number of phenolic OH excluding ortho intramolecular Hbond substituents is 1. The number of nitro benzene ring substituents is 1. The number of para-hydroxylation sites is 1. The second kappa shape index (κ2) is 8.00. The van der Waals surface area contributed by atoms with Crippen LogP contribution in [0.15, 0.2) is 72.8 Å². The topological polar surface area (TPSA) is 119 Å². The molecule has 0 aliphatic rings. The van der Waals surface area contributed by atoms with E-state index in [1.54, 1.807) is 30.3 Å². The number of nitro groups is 1. The Morgan fingerprint density at radius 2 is 1.64 bits per heavy atom. The van der Waals surface area contributed by atoms with E-state index in [1.807, 2.05) is 0 Å². The lowest BCUT2D eigenvalue weighted by Crippen LogP contribution is -2.13. The number of rotatable bonds is 5. The van der Waals surface area contributed by atoms with Crippen molar-refractivity contribution in [3.63, 3.8) is 0 Å². The van der Waals surface area contributed by atoms with E-state index in [-0.39, 0.29) is 28.3 Å². The van der Waals surface area contributed by atoms with Crippen LogP contribution in [0.4, 0.5) is 11.4 Å². The predicted molar refractivity (Wildman–Crippen MR) is 101 cm³/mol. The Morgan fingerprint density at radius 3 is 2.25 bits per heavy atom. The van der Waals surface area contributed by atoms with Crippen molar-refractivity contribution >= 4 is 23.3 Å². The molecule has 0 spiro atoms. The summed E-state index contributed by atoms with van der Waals surface area (Å²) in [6.07, 6.45) is 0. The smallest absolute Gasteiger partial charge is 0.347 e. The van der Waals surface area contributed by atoms with Crippen molar-refractivity contribution < 1.29 is 24.4 Å². The van der Waals surface area contributed by atoms with Crippen LogP contribution in [0.2, 0.25) is 0 Å². The number of carbonyl (C=O) groups excluding carboxylic acids is 2. The third kappa shape index (κ3) is 4.31. The number of phenols is 1.